The predicted molar refractivity (Wildman–Crippen MR) is 54.3 cm³/mol. The highest BCUT2D eigenvalue weighted by molar-refractivity contribution is 4.85. The molecule has 0 aromatic carbocycles. The largest absolute Gasteiger partial charge is 0.389 e. The van der Waals surface area contributed by atoms with Crippen LogP contribution in [0.15, 0.2) is 0 Å². The van der Waals surface area contributed by atoms with Crippen LogP contribution in [0.1, 0.15) is 6.42 Å². The Hall–Kier alpha value is -0.160. The maximum atomic E-state index is 9.72. The molecule has 4 nitrogen and oxygen atoms in total. The van der Waals surface area contributed by atoms with Crippen LogP contribution in [0, 0.1) is 0 Å². The molecule has 2 aliphatic heterocycles. The van der Waals surface area contributed by atoms with Gasteiger partial charge < -0.3 is 14.7 Å². The van der Waals surface area contributed by atoms with Gasteiger partial charge in [-0.25, -0.2) is 0 Å². The summed E-state index contributed by atoms with van der Waals surface area (Å²) in [7, 11) is 2.16. The van der Waals surface area contributed by atoms with Gasteiger partial charge in [-0.05, 0) is 26.6 Å². The van der Waals surface area contributed by atoms with Crippen LogP contribution in [-0.4, -0.2) is 73.5 Å². The second kappa shape index (κ2) is 4.57. The van der Waals surface area contributed by atoms with Gasteiger partial charge in [0.05, 0.1) is 25.4 Å². The molecule has 0 aromatic rings. The first-order valence-electron chi connectivity index (χ1n) is 5.46. The molecule has 82 valence electrons. The number of ether oxygens (including phenoxy) is 1. The van der Waals surface area contributed by atoms with Gasteiger partial charge in [-0.3, -0.25) is 4.90 Å². The molecule has 0 saturated carbocycles. The maximum absolute atomic E-state index is 9.72. The number of hydrogen-bond acceptors (Lipinski definition) is 4. The second-order valence-corrected chi connectivity index (χ2v) is 4.36. The highest BCUT2D eigenvalue weighted by Crippen LogP contribution is 2.15. The summed E-state index contributed by atoms with van der Waals surface area (Å²) in [5.74, 6) is 0. The molecule has 0 aliphatic carbocycles. The van der Waals surface area contributed by atoms with Crippen molar-refractivity contribution in [3.8, 4) is 0 Å². The molecule has 2 heterocycles. The van der Waals surface area contributed by atoms with E-state index in [2.05, 4.69) is 16.8 Å². The Morgan fingerprint density at radius 2 is 2.00 bits per heavy atom. The number of rotatable bonds is 1. The van der Waals surface area contributed by atoms with Crippen LogP contribution < -0.4 is 0 Å². The summed E-state index contributed by atoms with van der Waals surface area (Å²) in [6.07, 6.45) is 0.915. The molecular weight excluding hydrogens is 180 g/mol. The Kier molecular flexibility index (Phi) is 3.38. The first kappa shape index (κ1) is 10.4. The van der Waals surface area contributed by atoms with E-state index in [0.717, 1.165) is 19.6 Å². The van der Waals surface area contributed by atoms with E-state index in [1.807, 2.05) is 0 Å². The van der Waals surface area contributed by atoms with Crippen LogP contribution in [0.25, 0.3) is 0 Å². The molecule has 2 aliphatic rings. The maximum Gasteiger partial charge on any atom is 0.0950 e. The molecule has 14 heavy (non-hydrogen) atoms. The molecule has 2 unspecified atom stereocenters. The van der Waals surface area contributed by atoms with Crippen molar-refractivity contribution < 1.29 is 9.84 Å². The molecule has 0 aromatic heterocycles. The normalized spacial score (nSPS) is 37.3. The van der Waals surface area contributed by atoms with E-state index in [1.54, 1.807) is 0 Å². The topological polar surface area (TPSA) is 35.9 Å². The molecule has 2 saturated heterocycles. The highest BCUT2D eigenvalue weighted by atomic mass is 16.5. The minimum atomic E-state index is -0.279. The van der Waals surface area contributed by atoms with Crippen molar-refractivity contribution in [3.05, 3.63) is 0 Å². The van der Waals surface area contributed by atoms with Gasteiger partial charge in [-0.1, -0.05) is 0 Å². The Bertz CT molecular complexity index is 189. The molecule has 0 amide bonds. The van der Waals surface area contributed by atoms with Crippen molar-refractivity contribution in [1.82, 2.24) is 9.80 Å². The molecule has 4 heteroatoms. The lowest BCUT2D eigenvalue weighted by Crippen LogP contribution is -2.44. The summed E-state index contributed by atoms with van der Waals surface area (Å²) in [6, 6.07) is 0.237. The Labute approximate surface area is 85.4 Å². The third kappa shape index (κ3) is 2.25. The van der Waals surface area contributed by atoms with Crippen molar-refractivity contribution in [1.29, 1.82) is 0 Å². The summed E-state index contributed by atoms with van der Waals surface area (Å²) in [4.78, 5) is 4.73. The SMILES string of the molecule is CN1CCCN(C2COCC2O)CC1. The molecule has 0 bridgehead atoms. The van der Waals surface area contributed by atoms with Gasteiger partial charge in [0.1, 0.15) is 0 Å². The minimum absolute atomic E-state index is 0.237. The number of hydrogen-bond donors (Lipinski definition) is 1. The standard InChI is InChI=1S/C10H20N2O2/c1-11-3-2-4-12(6-5-11)9-7-14-8-10(9)13/h9-10,13H,2-8H2,1H3. The number of nitrogens with zero attached hydrogens (tertiary/aromatic N) is 2. The van der Waals surface area contributed by atoms with Gasteiger partial charge in [0.15, 0.2) is 0 Å². The molecule has 0 spiro atoms. The van der Waals surface area contributed by atoms with Crippen LogP contribution in [0.2, 0.25) is 0 Å². The van der Waals surface area contributed by atoms with E-state index >= 15 is 0 Å². The molecular formula is C10H20N2O2. The summed E-state index contributed by atoms with van der Waals surface area (Å²) in [5.41, 5.74) is 0. The van der Waals surface area contributed by atoms with Gasteiger partial charge in [0.2, 0.25) is 0 Å². The first-order valence-corrected chi connectivity index (χ1v) is 5.46. The zero-order valence-corrected chi connectivity index (χ0v) is 8.85. The summed E-state index contributed by atoms with van der Waals surface area (Å²) in [6.45, 7) is 5.63. The summed E-state index contributed by atoms with van der Waals surface area (Å²) < 4.78 is 5.28. The van der Waals surface area contributed by atoms with Gasteiger partial charge in [-0.2, -0.15) is 0 Å². The lowest BCUT2D eigenvalue weighted by atomic mass is 10.2. The fourth-order valence-electron chi connectivity index (χ4n) is 2.28. The van der Waals surface area contributed by atoms with E-state index in [-0.39, 0.29) is 12.1 Å². The minimum Gasteiger partial charge on any atom is -0.389 e. The third-order valence-electron chi connectivity index (χ3n) is 3.24. The van der Waals surface area contributed by atoms with Crippen LogP contribution in [0.3, 0.4) is 0 Å². The molecule has 2 fully saturated rings. The smallest absolute Gasteiger partial charge is 0.0950 e. The van der Waals surface area contributed by atoms with Crippen molar-refractivity contribution in [2.24, 2.45) is 0 Å². The second-order valence-electron chi connectivity index (χ2n) is 4.36. The fraction of sp³-hybridized carbons (Fsp3) is 1.00. The van der Waals surface area contributed by atoms with Gasteiger partial charge >= 0.3 is 0 Å². The van der Waals surface area contributed by atoms with Gasteiger partial charge in [0, 0.05) is 13.1 Å². The van der Waals surface area contributed by atoms with Crippen molar-refractivity contribution in [2.75, 3.05) is 46.4 Å². The van der Waals surface area contributed by atoms with E-state index in [1.165, 1.54) is 13.0 Å². The highest BCUT2D eigenvalue weighted by Gasteiger charge is 2.31. The van der Waals surface area contributed by atoms with Crippen LogP contribution in [0.4, 0.5) is 0 Å². The van der Waals surface area contributed by atoms with Crippen molar-refractivity contribution >= 4 is 0 Å². The molecule has 2 rings (SSSR count). The third-order valence-corrected chi connectivity index (χ3v) is 3.24. The van der Waals surface area contributed by atoms with E-state index in [4.69, 9.17) is 4.74 Å². The van der Waals surface area contributed by atoms with Gasteiger partial charge in [0.25, 0.3) is 0 Å². The number of likely N-dealkylation sites (N-methyl/N-ethyl adjacent to an activating group) is 1. The van der Waals surface area contributed by atoms with Crippen LogP contribution >= 0.6 is 0 Å². The van der Waals surface area contributed by atoms with Crippen molar-refractivity contribution in [3.63, 3.8) is 0 Å². The molecule has 2 atom stereocenters. The van der Waals surface area contributed by atoms with E-state index in [9.17, 15) is 5.11 Å². The molecule has 1 N–H and O–H groups in total. The Morgan fingerprint density at radius 3 is 2.71 bits per heavy atom. The predicted octanol–water partition coefficient (Wildman–Crippen LogP) is -0.616. The molecule has 0 radical (unpaired) electrons. The zero-order chi connectivity index (χ0) is 9.97. The number of aliphatic hydroxyl groups excluding tert-OH is 1. The van der Waals surface area contributed by atoms with Crippen molar-refractivity contribution in [2.45, 2.75) is 18.6 Å². The average molecular weight is 200 g/mol. The lowest BCUT2D eigenvalue weighted by Gasteiger charge is -2.28. The summed E-state index contributed by atoms with van der Waals surface area (Å²) >= 11 is 0. The lowest BCUT2D eigenvalue weighted by molar-refractivity contribution is 0.0844. The quantitative estimate of drug-likeness (QED) is 0.612. The van der Waals surface area contributed by atoms with E-state index in [0.29, 0.717) is 13.2 Å². The Balaban J connectivity index is 1.90. The number of aliphatic hydroxyl groups is 1. The Morgan fingerprint density at radius 1 is 1.14 bits per heavy atom. The fourth-order valence-corrected chi connectivity index (χ4v) is 2.28. The van der Waals surface area contributed by atoms with Gasteiger partial charge in [-0.15, -0.1) is 0 Å². The first-order chi connectivity index (χ1) is 6.77. The monoisotopic (exact) mass is 200 g/mol. The average Bonchev–Trinajstić information content (AvgIpc) is 2.46. The zero-order valence-electron chi connectivity index (χ0n) is 8.85. The van der Waals surface area contributed by atoms with Crippen LogP contribution in [0.5, 0.6) is 0 Å². The van der Waals surface area contributed by atoms with Crippen LogP contribution in [-0.2, 0) is 4.74 Å². The summed E-state index contributed by atoms with van der Waals surface area (Å²) in [5, 5.41) is 9.72. The van der Waals surface area contributed by atoms with E-state index < -0.39 is 0 Å².